The van der Waals surface area contributed by atoms with Gasteiger partial charge in [0.2, 0.25) is 0 Å². The molecule has 2 fully saturated rings. The van der Waals surface area contributed by atoms with Crippen LogP contribution in [-0.4, -0.2) is 96.5 Å². The van der Waals surface area contributed by atoms with Gasteiger partial charge in [0, 0.05) is 11.8 Å². The number of ether oxygens (including phenoxy) is 2. The first-order chi connectivity index (χ1) is 12.8. The van der Waals surface area contributed by atoms with Crippen LogP contribution in [0.4, 0.5) is 0 Å². The lowest BCUT2D eigenvalue weighted by atomic mass is 9.57. The predicted molar refractivity (Wildman–Crippen MR) is 98.0 cm³/mol. The number of hydrogen-bond acceptors (Lipinski definition) is 9. The summed E-state index contributed by atoms with van der Waals surface area (Å²) in [4.78, 5) is 0. The third kappa shape index (κ3) is 4.28. The van der Waals surface area contributed by atoms with Gasteiger partial charge < -0.3 is 45.2 Å². The van der Waals surface area contributed by atoms with Gasteiger partial charge in [0.25, 0.3) is 0 Å². The Morgan fingerprint density at radius 3 is 2.18 bits per heavy atom. The molecule has 1 aliphatic heterocycles. The summed E-state index contributed by atoms with van der Waals surface area (Å²) in [6.07, 6.45) is -5.34. The maximum atomic E-state index is 11.2. The quantitative estimate of drug-likeness (QED) is 0.267. The summed E-state index contributed by atoms with van der Waals surface area (Å²) >= 11 is 0. The summed E-state index contributed by atoms with van der Waals surface area (Å²) in [5.41, 5.74) is -4.15. The molecule has 0 radical (unpaired) electrons. The summed E-state index contributed by atoms with van der Waals surface area (Å²) in [6, 6.07) is 0. The minimum absolute atomic E-state index is 0.00784. The lowest BCUT2D eigenvalue weighted by Crippen LogP contribution is -2.66. The smallest absolute Gasteiger partial charge is 0.186 e. The Hall–Kier alpha value is -0.620. The van der Waals surface area contributed by atoms with Crippen LogP contribution in [0.5, 0.6) is 0 Å². The molecule has 0 aromatic heterocycles. The SMILES string of the molecule is C[C@H](O)/C=C/[C@@]1(O)C(C)(C)C[C@H](O[C@@H]2O[C@H](CO)[C@H](O)[C@@H](O)[C@H]2O)C[C@@]1(C)O. The fraction of sp³-hybridized carbons (Fsp3) is 0.895. The van der Waals surface area contributed by atoms with Crippen molar-refractivity contribution in [2.75, 3.05) is 6.61 Å². The van der Waals surface area contributed by atoms with E-state index in [0.29, 0.717) is 0 Å². The lowest BCUT2D eigenvalue weighted by Gasteiger charge is -2.56. The molecule has 1 heterocycles. The van der Waals surface area contributed by atoms with Gasteiger partial charge in [-0.05, 0) is 20.3 Å². The highest BCUT2D eigenvalue weighted by Gasteiger charge is 2.59. The molecular formula is C19H34O9. The summed E-state index contributed by atoms with van der Waals surface area (Å²) in [5, 5.41) is 71.0. The molecule has 1 saturated carbocycles. The van der Waals surface area contributed by atoms with Crippen molar-refractivity contribution in [1.29, 1.82) is 0 Å². The zero-order valence-corrected chi connectivity index (χ0v) is 16.8. The Labute approximate surface area is 164 Å². The van der Waals surface area contributed by atoms with Gasteiger partial charge in [-0.2, -0.15) is 0 Å². The maximum absolute atomic E-state index is 11.2. The van der Waals surface area contributed by atoms with Crippen molar-refractivity contribution < 1.29 is 45.2 Å². The molecule has 1 saturated heterocycles. The zero-order chi connectivity index (χ0) is 21.5. The fourth-order valence-electron chi connectivity index (χ4n) is 4.27. The van der Waals surface area contributed by atoms with E-state index in [4.69, 9.17) is 9.47 Å². The molecule has 0 spiro atoms. The Balaban J connectivity index is 2.20. The predicted octanol–water partition coefficient (Wildman–Crippen LogP) is -1.59. The Morgan fingerprint density at radius 2 is 1.68 bits per heavy atom. The van der Waals surface area contributed by atoms with Gasteiger partial charge in [-0.25, -0.2) is 0 Å². The van der Waals surface area contributed by atoms with Gasteiger partial charge in [-0.15, -0.1) is 0 Å². The van der Waals surface area contributed by atoms with E-state index in [0.717, 1.165) is 0 Å². The van der Waals surface area contributed by atoms with Crippen LogP contribution in [0.2, 0.25) is 0 Å². The number of aliphatic hydroxyl groups is 7. The van der Waals surface area contributed by atoms with E-state index in [1.165, 1.54) is 26.0 Å². The van der Waals surface area contributed by atoms with E-state index >= 15 is 0 Å². The van der Waals surface area contributed by atoms with E-state index < -0.39 is 66.1 Å². The molecule has 9 nitrogen and oxygen atoms in total. The molecule has 164 valence electrons. The monoisotopic (exact) mass is 406 g/mol. The van der Waals surface area contributed by atoms with Crippen molar-refractivity contribution in [3.8, 4) is 0 Å². The molecule has 0 aromatic rings. The van der Waals surface area contributed by atoms with E-state index in [9.17, 15) is 35.7 Å². The second-order valence-electron chi connectivity index (χ2n) is 8.89. The van der Waals surface area contributed by atoms with E-state index in [1.807, 2.05) is 0 Å². The maximum Gasteiger partial charge on any atom is 0.186 e. The van der Waals surface area contributed by atoms with Crippen LogP contribution >= 0.6 is 0 Å². The van der Waals surface area contributed by atoms with E-state index in [-0.39, 0.29) is 12.8 Å². The minimum atomic E-state index is -1.65. The molecule has 0 aromatic carbocycles. The highest BCUT2D eigenvalue weighted by Crippen LogP contribution is 2.51. The Bertz CT molecular complexity index is 540. The number of rotatable bonds is 5. The van der Waals surface area contributed by atoms with Gasteiger partial charge >= 0.3 is 0 Å². The molecule has 28 heavy (non-hydrogen) atoms. The first-order valence-electron chi connectivity index (χ1n) is 9.54. The summed E-state index contributed by atoms with van der Waals surface area (Å²) in [7, 11) is 0. The summed E-state index contributed by atoms with van der Waals surface area (Å²) < 4.78 is 11.2. The van der Waals surface area contributed by atoms with Crippen molar-refractivity contribution in [2.24, 2.45) is 5.41 Å². The molecule has 7 N–H and O–H groups in total. The molecule has 0 amide bonds. The molecule has 9 atom stereocenters. The third-order valence-corrected chi connectivity index (χ3v) is 6.01. The van der Waals surface area contributed by atoms with Gasteiger partial charge in [0.15, 0.2) is 6.29 Å². The van der Waals surface area contributed by atoms with Crippen LogP contribution in [0.1, 0.15) is 40.5 Å². The van der Waals surface area contributed by atoms with Crippen LogP contribution in [0.25, 0.3) is 0 Å². The van der Waals surface area contributed by atoms with E-state index in [1.54, 1.807) is 13.8 Å². The van der Waals surface area contributed by atoms with Crippen molar-refractivity contribution in [1.82, 2.24) is 0 Å². The van der Waals surface area contributed by atoms with Gasteiger partial charge in [0.05, 0.1) is 24.4 Å². The average Bonchev–Trinajstić information content (AvgIpc) is 2.57. The largest absolute Gasteiger partial charge is 0.394 e. The highest BCUT2D eigenvalue weighted by molar-refractivity contribution is 5.21. The van der Waals surface area contributed by atoms with E-state index in [2.05, 4.69) is 0 Å². The van der Waals surface area contributed by atoms with Crippen LogP contribution in [-0.2, 0) is 9.47 Å². The first kappa shape index (κ1) is 23.7. The molecular weight excluding hydrogens is 372 g/mol. The standard InChI is InChI=1S/C19H34O9/c1-10(21)5-6-19(26)17(2,3)7-11(8-18(19,4)25)27-16-15(24)14(23)13(22)12(9-20)28-16/h5-6,10-16,20-26H,7-9H2,1-4H3/b6-5+/t10-,11-,12+,13-,14+,15+,16+,18+,19+/m0/s1. The number of hydrogen-bond donors (Lipinski definition) is 7. The third-order valence-electron chi connectivity index (χ3n) is 6.01. The van der Waals surface area contributed by atoms with Crippen LogP contribution < -0.4 is 0 Å². The molecule has 9 heteroatoms. The van der Waals surface area contributed by atoms with Gasteiger partial charge in [-0.1, -0.05) is 26.0 Å². The Morgan fingerprint density at radius 1 is 1.07 bits per heavy atom. The van der Waals surface area contributed by atoms with Crippen molar-refractivity contribution >= 4 is 0 Å². The van der Waals surface area contributed by atoms with Crippen molar-refractivity contribution in [3.05, 3.63) is 12.2 Å². The molecule has 0 unspecified atom stereocenters. The minimum Gasteiger partial charge on any atom is -0.394 e. The zero-order valence-electron chi connectivity index (χ0n) is 16.8. The van der Waals surface area contributed by atoms with Crippen LogP contribution in [0, 0.1) is 5.41 Å². The normalized spacial score (nSPS) is 48.0. The van der Waals surface area contributed by atoms with Crippen molar-refractivity contribution in [3.63, 3.8) is 0 Å². The summed E-state index contributed by atoms with van der Waals surface area (Å²) in [6.45, 7) is 5.93. The molecule has 2 rings (SSSR count). The van der Waals surface area contributed by atoms with Crippen molar-refractivity contribution in [2.45, 2.75) is 94.7 Å². The van der Waals surface area contributed by atoms with Crippen LogP contribution in [0.15, 0.2) is 12.2 Å². The first-order valence-corrected chi connectivity index (χ1v) is 9.54. The van der Waals surface area contributed by atoms with Crippen LogP contribution in [0.3, 0.4) is 0 Å². The Kier molecular flexibility index (Phi) is 6.97. The topological polar surface area (TPSA) is 160 Å². The average molecular weight is 406 g/mol. The number of aliphatic hydroxyl groups excluding tert-OH is 5. The second kappa shape index (κ2) is 8.25. The fourth-order valence-corrected chi connectivity index (χ4v) is 4.27. The second-order valence-corrected chi connectivity index (χ2v) is 8.89. The molecule has 0 bridgehead atoms. The molecule has 1 aliphatic carbocycles. The molecule has 2 aliphatic rings. The highest BCUT2D eigenvalue weighted by atomic mass is 16.7. The lowest BCUT2D eigenvalue weighted by molar-refractivity contribution is -0.326. The van der Waals surface area contributed by atoms with Gasteiger partial charge in [-0.3, -0.25) is 0 Å². The van der Waals surface area contributed by atoms with Gasteiger partial charge in [0.1, 0.15) is 30.0 Å². The summed E-state index contributed by atoms with van der Waals surface area (Å²) in [5.74, 6) is 0.